The fourth-order valence-electron chi connectivity index (χ4n) is 2.04. The lowest BCUT2D eigenvalue weighted by Crippen LogP contribution is -2.18. The maximum absolute atomic E-state index is 12.4. The molecule has 5 nitrogen and oxygen atoms in total. The number of rotatable bonds is 4. The molecule has 2 heterocycles. The van der Waals surface area contributed by atoms with Crippen molar-refractivity contribution in [2.24, 2.45) is 5.10 Å². The first-order valence-electron chi connectivity index (χ1n) is 6.74. The van der Waals surface area contributed by atoms with Crippen molar-refractivity contribution in [2.75, 3.05) is 0 Å². The predicted molar refractivity (Wildman–Crippen MR) is 93.8 cm³/mol. The van der Waals surface area contributed by atoms with Crippen LogP contribution in [0.5, 0.6) is 0 Å². The first-order valence-corrected chi connectivity index (χ1v) is 8.41. The van der Waals surface area contributed by atoms with E-state index in [0.717, 1.165) is 14.9 Å². The molecule has 0 spiro atoms. The Labute approximate surface area is 145 Å². The molecule has 0 saturated carbocycles. The first kappa shape index (κ1) is 15.6. The second kappa shape index (κ2) is 6.89. The third-order valence-corrected chi connectivity index (χ3v) is 4.71. The molecule has 0 atom stereocenters. The van der Waals surface area contributed by atoms with E-state index in [0.29, 0.717) is 17.0 Å². The van der Waals surface area contributed by atoms with Crippen LogP contribution in [-0.2, 0) is 0 Å². The highest BCUT2D eigenvalue weighted by molar-refractivity contribution is 9.10. The van der Waals surface area contributed by atoms with E-state index in [1.165, 1.54) is 11.3 Å². The zero-order valence-corrected chi connectivity index (χ0v) is 14.5. The topological polar surface area (TPSA) is 67.5 Å². The molecule has 1 N–H and O–H groups in total. The number of carbonyl (C=O) groups excluding carboxylic acids is 1. The molecule has 0 fully saturated rings. The van der Waals surface area contributed by atoms with Gasteiger partial charge in [-0.3, -0.25) is 4.79 Å². The highest BCUT2D eigenvalue weighted by atomic mass is 79.9. The summed E-state index contributed by atoms with van der Waals surface area (Å²) in [5.41, 5.74) is 4.23. The minimum Gasteiger partial charge on any atom is -0.360 e. The average molecular weight is 390 g/mol. The molecule has 1 aromatic carbocycles. The third-order valence-electron chi connectivity index (χ3n) is 3.08. The van der Waals surface area contributed by atoms with Gasteiger partial charge in [-0.1, -0.05) is 35.5 Å². The Morgan fingerprint density at radius 1 is 1.39 bits per heavy atom. The van der Waals surface area contributed by atoms with Crippen LogP contribution in [0.2, 0.25) is 0 Å². The molecule has 0 radical (unpaired) electrons. The first-order chi connectivity index (χ1) is 11.1. The van der Waals surface area contributed by atoms with E-state index in [1.807, 2.05) is 41.8 Å². The van der Waals surface area contributed by atoms with Gasteiger partial charge in [0.05, 0.1) is 6.21 Å². The maximum atomic E-state index is 12.4. The maximum Gasteiger partial charge on any atom is 0.277 e. The van der Waals surface area contributed by atoms with E-state index in [1.54, 1.807) is 13.1 Å². The van der Waals surface area contributed by atoms with Gasteiger partial charge in [0.1, 0.15) is 17.0 Å². The Balaban J connectivity index is 1.80. The Hall–Kier alpha value is -2.25. The van der Waals surface area contributed by atoms with Crippen molar-refractivity contribution >= 4 is 39.4 Å². The number of aromatic nitrogens is 1. The summed E-state index contributed by atoms with van der Waals surface area (Å²) in [4.78, 5) is 13.3. The molecule has 0 aliphatic carbocycles. The van der Waals surface area contributed by atoms with Crippen LogP contribution < -0.4 is 5.43 Å². The minimum absolute atomic E-state index is 0.352. The fourth-order valence-corrected chi connectivity index (χ4v) is 3.34. The summed E-state index contributed by atoms with van der Waals surface area (Å²) in [7, 11) is 0. The molecule has 0 aliphatic heterocycles. The van der Waals surface area contributed by atoms with Crippen molar-refractivity contribution in [2.45, 2.75) is 6.92 Å². The molecule has 1 amide bonds. The lowest BCUT2D eigenvalue weighted by Gasteiger charge is -2.01. The average Bonchev–Trinajstić information content (AvgIpc) is 3.14. The number of carbonyl (C=O) groups is 1. The number of nitrogens with one attached hydrogen (secondary N) is 1. The third kappa shape index (κ3) is 3.57. The number of amides is 1. The lowest BCUT2D eigenvalue weighted by molar-refractivity contribution is 0.0954. The van der Waals surface area contributed by atoms with E-state index in [-0.39, 0.29) is 5.91 Å². The van der Waals surface area contributed by atoms with E-state index in [2.05, 4.69) is 31.6 Å². The molecule has 0 aliphatic rings. The van der Waals surface area contributed by atoms with Gasteiger partial charge < -0.3 is 4.52 Å². The van der Waals surface area contributed by atoms with Gasteiger partial charge >= 0.3 is 0 Å². The molecule has 0 saturated heterocycles. The second-order valence-corrected chi connectivity index (χ2v) is 6.55. The highest BCUT2D eigenvalue weighted by Crippen LogP contribution is 2.24. The van der Waals surface area contributed by atoms with Gasteiger partial charge in [0.15, 0.2) is 0 Å². The fraction of sp³-hybridized carbons (Fsp3) is 0.0625. The number of benzene rings is 1. The Morgan fingerprint density at radius 3 is 2.87 bits per heavy atom. The molecule has 3 aromatic rings. The van der Waals surface area contributed by atoms with Gasteiger partial charge in [-0.15, -0.1) is 11.3 Å². The van der Waals surface area contributed by atoms with Gasteiger partial charge in [0.25, 0.3) is 5.91 Å². The minimum atomic E-state index is -0.352. The van der Waals surface area contributed by atoms with Crippen LogP contribution in [0, 0.1) is 6.92 Å². The number of nitrogens with zero attached hydrogens (tertiary/aromatic N) is 2. The van der Waals surface area contributed by atoms with E-state index in [4.69, 9.17) is 4.52 Å². The standard InChI is InChI=1S/C16H12BrN3O2S/c1-10-14(15(20-22-10)11-5-3-2-4-6-11)16(21)19-18-8-13-7-12(17)9-23-13/h2-9H,1H3,(H,19,21). The number of aryl methyl sites for hydroxylation is 1. The summed E-state index contributed by atoms with van der Waals surface area (Å²) in [6.45, 7) is 1.70. The summed E-state index contributed by atoms with van der Waals surface area (Å²) < 4.78 is 6.16. The molecule has 23 heavy (non-hydrogen) atoms. The summed E-state index contributed by atoms with van der Waals surface area (Å²) in [5.74, 6) is 0.102. The van der Waals surface area contributed by atoms with Crippen LogP contribution in [0.3, 0.4) is 0 Å². The quantitative estimate of drug-likeness (QED) is 0.535. The van der Waals surface area contributed by atoms with Crippen molar-refractivity contribution in [3.05, 3.63) is 62.5 Å². The summed E-state index contributed by atoms with van der Waals surface area (Å²) in [6, 6.07) is 11.3. The largest absolute Gasteiger partial charge is 0.360 e. The molecular formula is C16H12BrN3O2S. The summed E-state index contributed by atoms with van der Waals surface area (Å²) in [5, 5.41) is 9.91. The van der Waals surface area contributed by atoms with Crippen LogP contribution in [0.25, 0.3) is 11.3 Å². The van der Waals surface area contributed by atoms with Gasteiger partial charge in [-0.2, -0.15) is 5.10 Å². The number of hydrogen-bond acceptors (Lipinski definition) is 5. The SMILES string of the molecule is Cc1onc(-c2ccccc2)c1C(=O)NN=Cc1cc(Br)cs1. The Bertz CT molecular complexity index is 855. The van der Waals surface area contributed by atoms with Crippen LogP contribution in [-0.4, -0.2) is 17.3 Å². The van der Waals surface area contributed by atoms with Crippen LogP contribution in [0.1, 0.15) is 21.0 Å². The van der Waals surface area contributed by atoms with Gasteiger partial charge in [0, 0.05) is 20.3 Å². The van der Waals surface area contributed by atoms with Gasteiger partial charge in [-0.25, -0.2) is 5.43 Å². The number of hydrazone groups is 1. The Kier molecular flexibility index (Phi) is 4.68. The molecule has 0 bridgehead atoms. The van der Waals surface area contributed by atoms with Gasteiger partial charge in [0.2, 0.25) is 0 Å². The lowest BCUT2D eigenvalue weighted by atomic mass is 10.1. The van der Waals surface area contributed by atoms with Crippen LogP contribution in [0.4, 0.5) is 0 Å². The van der Waals surface area contributed by atoms with Crippen molar-refractivity contribution < 1.29 is 9.32 Å². The van der Waals surface area contributed by atoms with Crippen LogP contribution in [0.15, 0.2) is 55.9 Å². The second-order valence-electron chi connectivity index (χ2n) is 4.69. The predicted octanol–water partition coefficient (Wildman–Crippen LogP) is 4.24. The molecule has 3 rings (SSSR count). The van der Waals surface area contributed by atoms with E-state index < -0.39 is 0 Å². The monoisotopic (exact) mass is 389 g/mol. The van der Waals surface area contributed by atoms with E-state index in [9.17, 15) is 4.79 Å². The number of thiophene rings is 1. The normalized spacial score (nSPS) is 11.0. The van der Waals surface area contributed by atoms with Crippen molar-refractivity contribution in [1.82, 2.24) is 10.6 Å². The van der Waals surface area contributed by atoms with Crippen molar-refractivity contribution in [3.8, 4) is 11.3 Å². The molecule has 116 valence electrons. The number of halogens is 1. The zero-order chi connectivity index (χ0) is 16.2. The molecular weight excluding hydrogens is 378 g/mol. The van der Waals surface area contributed by atoms with Crippen molar-refractivity contribution in [3.63, 3.8) is 0 Å². The zero-order valence-electron chi connectivity index (χ0n) is 12.1. The van der Waals surface area contributed by atoms with Gasteiger partial charge in [-0.05, 0) is 28.9 Å². The molecule has 7 heteroatoms. The summed E-state index contributed by atoms with van der Waals surface area (Å²) in [6.07, 6.45) is 1.60. The van der Waals surface area contributed by atoms with Crippen LogP contribution >= 0.6 is 27.3 Å². The summed E-state index contributed by atoms with van der Waals surface area (Å²) >= 11 is 4.89. The highest BCUT2D eigenvalue weighted by Gasteiger charge is 2.21. The smallest absolute Gasteiger partial charge is 0.277 e. The number of hydrogen-bond donors (Lipinski definition) is 1. The molecule has 0 unspecified atom stereocenters. The van der Waals surface area contributed by atoms with Crippen molar-refractivity contribution in [1.29, 1.82) is 0 Å². The molecule has 2 aromatic heterocycles. The Morgan fingerprint density at radius 2 is 2.17 bits per heavy atom. The van der Waals surface area contributed by atoms with E-state index >= 15 is 0 Å².